The van der Waals surface area contributed by atoms with E-state index in [0.717, 1.165) is 6.42 Å². The highest BCUT2D eigenvalue weighted by Gasteiger charge is 2.16. The van der Waals surface area contributed by atoms with Gasteiger partial charge in [0.05, 0.1) is 17.2 Å². The van der Waals surface area contributed by atoms with Crippen LogP contribution in [0, 0.1) is 11.3 Å². The molecular formula is C10H12INO2. The average Bonchev–Trinajstić information content (AvgIpc) is 2.16. The Kier molecular flexibility index (Phi) is 6.21. The molecule has 14 heavy (non-hydrogen) atoms. The maximum Gasteiger partial charge on any atom is 0.344 e. The molecule has 0 heterocycles. The molecule has 76 valence electrons. The van der Waals surface area contributed by atoms with Gasteiger partial charge in [-0.05, 0) is 18.9 Å². The molecule has 0 fully saturated rings. The summed E-state index contributed by atoms with van der Waals surface area (Å²) in [6.45, 7) is 7.30. The summed E-state index contributed by atoms with van der Waals surface area (Å²) < 4.78 is 4.58. The van der Waals surface area contributed by atoms with Crippen LogP contribution < -0.4 is 0 Å². The van der Waals surface area contributed by atoms with Crippen molar-refractivity contribution < 1.29 is 7.86 Å². The molecule has 4 heteroatoms. The van der Waals surface area contributed by atoms with Gasteiger partial charge in [-0.1, -0.05) is 19.9 Å². The molecule has 0 N–H and O–H groups in total. The zero-order valence-corrected chi connectivity index (χ0v) is 10.4. The Labute approximate surface area is 98.1 Å². The summed E-state index contributed by atoms with van der Waals surface area (Å²) in [4.78, 5) is 11.3. The first-order valence-corrected chi connectivity index (χ1v) is 5.08. The van der Waals surface area contributed by atoms with Gasteiger partial charge in [0.2, 0.25) is 0 Å². The summed E-state index contributed by atoms with van der Waals surface area (Å²) in [6, 6.07) is 1.98. The highest BCUT2D eigenvalue weighted by Crippen LogP contribution is 2.19. The number of rotatable bonds is 4. The van der Waals surface area contributed by atoms with Gasteiger partial charge in [-0.25, -0.2) is 4.79 Å². The number of halogens is 1. The maximum atomic E-state index is 11.3. The van der Waals surface area contributed by atoms with E-state index >= 15 is 0 Å². The zero-order chi connectivity index (χ0) is 11.1. The van der Waals surface area contributed by atoms with E-state index in [-0.39, 0.29) is 0 Å². The van der Waals surface area contributed by atoms with E-state index in [4.69, 9.17) is 5.26 Å². The number of hydrogen-bond acceptors (Lipinski definition) is 3. The first kappa shape index (κ1) is 13.2. The second kappa shape index (κ2) is 6.60. The number of carbonyl (C=O) groups is 1. The Hall–Kier alpha value is -0.830. The summed E-state index contributed by atoms with van der Waals surface area (Å²) in [7, 11) is 0. The Morgan fingerprint density at radius 3 is 2.50 bits per heavy atom. The fraction of sp³-hybridized carbons (Fsp3) is 0.400. The van der Waals surface area contributed by atoms with Crippen LogP contribution >= 0.6 is 23.0 Å². The normalized spacial score (nSPS) is 11.3. The summed E-state index contributed by atoms with van der Waals surface area (Å²) in [5, 5.41) is 8.86. The van der Waals surface area contributed by atoms with Crippen molar-refractivity contribution >= 4 is 29.0 Å². The van der Waals surface area contributed by atoms with Crippen LogP contribution in [0.15, 0.2) is 23.3 Å². The van der Waals surface area contributed by atoms with Crippen LogP contribution in [0.4, 0.5) is 0 Å². The van der Waals surface area contributed by atoms with Gasteiger partial charge < -0.3 is 3.07 Å². The molecule has 0 unspecified atom stereocenters. The van der Waals surface area contributed by atoms with Gasteiger partial charge >= 0.3 is 5.97 Å². The summed E-state index contributed by atoms with van der Waals surface area (Å²) in [6.07, 6.45) is 1.33. The molecule has 0 aromatic rings. The van der Waals surface area contributed by atoms with E-state index in [2.05, 4.69) is 9.65 Å². The van der Waals surface area contributed by atoms with Gasteiger partial charge in [0.15, 0.2) is 23.0 Å². The number of nitrogens with zero attached hydrogens (tertiary/aromatic N) is 1. The third kappa shape index (κ3) is 3.50. The van der Waals surface area contributed by atoms with Crippen molar-refractivity contribution in [3.05, 3.63) is 23.3 Å². The van der Waals surface area contributed by atoms with Crippen molar-refractivity contribution in [3.8, 4) is 6.07 Å². The standard InChI is InChI=1S/C10H12INO2/c1-4-5-8(10(13)14-11)9(6-12)7(2)3/h2,4-5H2,1,3H3/b9-8-. The summed E-state index contributed by atoms with van der Waals surface area (Å²) in [5.74, 6) is -0.452. The largest absolute Gasteiger partial charge is 0.391 e. The van der Waals surface area contributed by atoms with Gasteiger partial charge in [-0.15, -0.1) is 0 Å². The Bertz CT molecular complexity index is 313. The van der Waals surface area contributed by atoms with Crippen molar-refractivity contribution in [3.63, 3.8) is 0 Å². The quantitative estimate of drug-likeness (QED) is 0.347. The molecule has 0 bridgehead atoms. The Balaban J connectivity index is 5.22. The zero-order valence-electron chi connectivity index (χ0n) is 8.26. The van der Waals surface area contributed by atoms with Crippen molar-refractivity contribution in [1.29, 1.82) is 5.26 Å². The highest BCUT2D eigenvalue weighted by atomic mass is 127. The molecule has 3 nitrogen and oxygen atoms in total. The van der Waals surface area contributed by atoms with E-state index in [0.29, 0.717) is 23.1 Å². The lowest BCUT2D eigenvalue weighted by molar-refractivity contribution is -0.127. The van der Waals surface area contributed by atoms with Gasteiger partial charge in [0, 0.05) is 0 Å². The highest BCUT2D eigenvalue weighted by molar-refractivity contribution is 14.1. The lowest BCUT2D eigenvalue weighted by atomic mass is 10.00. The van der Waals surface area contributed by atoms with E-state index in [1.54, 1.807) is 6.92 Å². The van der Waals surface area contributed by atoms with Crippen LogP contribution in [0.1, 0.15) is 26.7 Å². The summed E-state index contributed by atoms with van der Waals surface area (Å²) in [5.41, 5.74) is 1.35. The van der Waals surface area contributed by atoms with Crippen LogP contribution in [-0.2, 0) is 7.86 Å². The topological polar surface area (TPSA) is 50.1 Å². The number of carbonyl (C=O) groups excluding carboxylic acids is 1. The molecule has 0 radical (unpaired) electrons. The van der Waals surface area contributed by atoms with E-state index in [1.807, 2.05) is 13.0 Å². The molecule has 0 atom stereocenters. The minimum Gasteiger partial charge on any atom is -0.391 e. The SMILES string of the molecule is C=C(C)/C(C#N)=C(/CCC)C(=O)OI. The van der Waals surface area contributed by atoms with Gasteiger partial charge in [-0.3, -0.25) is 0 Å². The van der Waals surface area contributed by atoms with E-state index in [9.17, 15) is 4.79 Å². The predicted molar refractivity (Wildman–Crippen MR) is 62.5 cm³/mol. The molecule has 0 aliphatic heterocycles. The van der Waals surface area contributed by atoms with Crippen molar-refractivity contribution in [1.82, 2.24) is 0 Å². The monoisotopic (exact) mass is 305 g/mol. The van der Waals surface area contributed by atoms with Crippen molar-refractivity contribution in [2.24, 2.45) is 0 Å². The fourth-order valence-corrected chi connectivity index (χ4v) is 1.31. The molecule has 0 amide bonds. The molecule has 0 aliphatic carbocycles. The van der Waals surface area contributed by atoms with E-state index in [1.165, 1.54) is 23.0 Å². The Morgan fingerprint density at radius 2 is 2.21 bits per heavy atom. The average molecular weight is 305 g/mol. The molecule has 0 aromatic carbocycles. The number of allylic oxidation sites excluding steroid dienone is 2. The summed E-state index contributed by atoms with van der Waals surface area (Å²) >= 11 is 1.52. The predicted octanol–water partition coefficient (Wildman–Crippen LogP) is 3.08. The first-order valence-electron chi connectivity index (χ1n) is 4.20. The van der Waals surface area contributed by atoms with Crippen molar-refractivity contribution in [2.45, 2.75) is 26.7 Å². The van der Waals surface area contributed by atoms with Crippen LogP contribution in [0.5, 0.6) is 0 Å². The molecule has 0 saturated carbocycles. The van der Waals surface area contributed by atoms with Crippen LogP contribution in [0.25, 0.3) is 0 Å². The number of nitriles is 1. The van der Waals surface area contributed by atoms with E-state index < -0.39 is 5.97 Å². The number of hydrogen-bond donors (Lipinski definition) is 0. The molecule has 0 rings (SSSR count). The molecule has 0 aliphatic rings. The van der Waals surface area contributed by atoms with Crippen LogP contribution in [0.3, 0.4) is 0 Å². The minimum absolute atomic E-state index is 0.341. The first-order chi connectivity index (χ1) is 6.58. The lowest BCUT2D eigenvalue weighted by Gasteiger charge is -2.05. The van der Waals surface area contributed by atoms with Gasteiger partial charge in [-0.2, -0.15) is 5.26 Å². The van der Waals surface area contributed by atoms with Gasteiger partial charge in [0.1, 0.15) is 0 Å². The van der Waals surface area contributed by atoms with Crippen molar-refractivity contribution in [2.75, 3.05) is 0 Å². The smallest absolute Gasteiger partial charge is 0.344 e. The molecular weight excluding hydrogens is 293 g/mol. The minimum atomic E-state index is -0.452. The third-order valence-electron chi connectivity index (χ3n) is 1.66. The van der Waals surface area contributed by atoms with Gasteiger partial charge in [0.25, 0.3) is 0 Å². The van der Waals surface area contributed by atoms with Crippen LogP contribution in [0.2, 0.25) is 0 Å². The second-order valence-corrected chi connectivity index (χ2v) is 3.30. The lowest BCUT2D eigenvalue weighted by Crippen LogP contribution is -2.05. The molecule has 0 saturated heterocycles. The Morgan fingerprint density at radius 1 is 1.64 bits per heavy atom. The maximum absolute atomic E-state index is 11.3. The third-order valence-corrected chi connectivity index (χ3v) is 2.06. The fourth-order valence-electron chi connectivity index (χ4n) is 1.05. The molecule has 0 spiro atoms. The molecule has 0 aromatic heterocycles. The second-order valence-electron chi connectivity index (χ2n) is 2.86. The van der Waals surface area contributed by atoms with Crippen LogP contribution in [-0.4, -0.2) is 5.97 Å².